The van der Waals surface area contributed by atoms with Gasteiger partial charge in [0.25, 0.3) is 0 Å². The second-order valence-electron chi connectivity index (χ2n) is 8.26. The minimum absolute atomic E-state index is 0.0203. The number of alkyl halides is 4. The Kier molecular flexibility index (Phi) is 6.47. The molecule has 1 aromatic carbocycles. The quantitative estimate of drug-likeness (QED) is 0.386. The second kappa shape index (κ2) is 9.19. The van der Waals surface area contributed by atoms with E-state index in [-0.39, 0.29) is 11.3 Å². The Balaban J connectivity index is 1.83. The summed E-state index contributed by atoms with van der Waals surface area (Å²) >= 11 is 0. The minimum atomic E-state index is -4.63. The number of rotatable bonds is 6. The van der Waals surface area contributed by atoms with Crippen molar-refractivity contribution in [2.45, 2.75) is 39.4 Å². The Morgan fingerprint density at radius 2 is 1.82 bits per heavy atom. The first kappa shape index (κ1) is 23.9. The number of hydrogen-bond acceptors (Lipinski definition) is 3. The molecule has 34 heavy (non-hydrogen) atoms. The molecule has 0 bridgehead atoms. The van der Waals surface area contributed by atoms with Gasteiger partial charge in [0.2, 0.25) is 0 Å². The molecule has 0 radical (unpaired) electrons. The molecule has 0 aliphatic carbocycles. The minimum Gasteiger partial charge on any atom is -0.367 e. The lowest BCUT2D eigenvalue weighted by atomic mass is 10.0. The Labute approximate surface area is 194 Å². The summed E-state index contributed by atoms with van der Waals surface area (Å²) in [6.07, 6.45) is -1.37. The molecule has 0 saturated carbocycles. The molecule has 4 rings (SSSR count). The van der Waals surface area contributed by atoms with Gasteiger partial charge in [0.1, 0.15) is 18.2 Å². The van der Waals surface area contributed by atoms with Crippen LogP contribution in [0.5, 0.6) is 0 Å². The van der Waals surface area contributed by atoms with Gasteiger partial charge in [-0.05, 0) is 49.2 Å². The van der Waals surface area contributed by atoms with E-state index in [1.54, 1.807) is 12.1 Å². The Morgan fingerprint density at radius 1 is 1.06 bits per heavy atom. The van der Waals surface area contributed by atoms with Crippen LogP contribution >= 0.6 is 0 Å². The Morgan fingerprint density at radius 3 is 2.44 bits per heavy atom. The highest BCUT2D eigenvalue weighted by atomic mass is 19.4. The predicted molar refractivity (Wildman–Crippen MR) is 121 cm³/mol. The van der Waals surface area contributed by atoms with Crippen LogP contribution in [0.15, 0.2) is 36.0 Å². The first-order valence-electron chi connectivity index (χ1n) is 11.1. The van der Waals surface area contributed by atoms with Crippen molar-refractivity contribution in [2.24, 2.45) is 7.05 Å². The average Bonchev–Trinajstić information content (AvgIpc) is 3.13. The van der Waals surface area contributed by atoms with Crippen LogP contribution in [-0.4, -0.2) is 32.7 Å². The number of allylic oxidation sites excluding steroid dienone is 1. The van der Waals surface area contributed by atoms with Gasteiger partial charge in [-0.25, -0.2) is 18.7 Å². The van der Waals surface area contributed by atoms with E-state index in [0.29, 0.717) is 48.5 Å². The molecule has 0 unspecified atom stereocenters. The summed E-state index contributed by atoms with van der Waals surface area (Å²) in [4.78, 5) is 11.3. The maximum absolute atomic E-state index is 14.7. The molecule has 0 spiro atoms. The number of benzene rings is 1. The number of fused-ring (bicyclic) bond motifs is 1. The summed E-state index contributed by atoms with van der Waals surface area (Å²) in [5, 5.41) is 0. The van der Waals surface area contributed by atoms with E-state index in [1.165, 1.54) is 0 Å². The van der Waals surface area contributed by atoms with E-state index < -0.39 is 24.2 Å². The van der Waals surface area contributed by atoms with E-state index in [0.717, 1.165) is 29.8 Å². The lowest BCUT2D eigenvalue weighted by molar-refractivity contribution is -0.137. The molecule has 0 N–H and O–H groups in total. The van der Waals surface area contributed by atoms with E-state index in [9.17, 15) is 22.0 Å². The number of aryl methyl sites for hydroxylation is 1. The van der Waals surface area contributed by atoms with Gasteiger partial charge in [-0.15, -0.1) is 0 Å². The van der Waals surface area contributed by atoms with E-state index >= 15 is 0 Å². The zero-order valence-electron chi connectivity index (χ0n) is 19.2. The average molecular weight is 476 g/mol. The summed E-state index contributed by atoms with van der Waals surface area (Å²) in [5.41, 5.74) is 2.70. The molecule has 1 aliphatic rings. The van der Waals surface area contributed by atoms with Crippen LogP contribution in [0.4, 0.5) is 22.0 Å². The third kappa shape index (κ3) is 4.31. The predicted octanol–water partition coefficient (Wildman–Crippen LogP) is 6.41. The van der Waals surface area contributed by atoms with Crippen molar-refractivity contribution in [1.82, 2.24) is 19.4 Å². The van der Waals surface area contributed by atoms with Crippen LogP contribution in [0.25, 0.3) is 28.9 Å². The van der Waals surface area contributed by atoms with Crippen LogP contribution in [0, 0.1) is 5.82 Å². The number of halogens is 5. The van der Waals surface area contributed by atoms with Crippen LogP contribution in [0.2, 0.25) is 0 Å². The van der Waals surface area contributed by atoms with Gasteiger partial charge in [0.05, 0.1) is 29.2 Å². The summed E-state index contributed by atoms with van der Waals surface area (Å²) in [5.74, 6) is -0.445. The van der Waals surface area contributed by atoms with Gasteiger partial charge < -0.3 is 9.47 Å². The van der Waals surface area contributed by atoms with Crippen LogP contribution in [-0.2, 0) is 26.2 Å². The number of hydrogen-bond donors (Lipinski definition) is 0. The van der Waals surface area contributed by atoms with Crippen LogP contribution < -0.4 is 0 Å². The van der Waals surface area contributed by atoms with Crippen molar-refractivity contribution in [3.05, 3.63) is 64.4 Å². The summed E-state index contributed by atoms with van der Waals surface area (Å²) in [6.45, 7) is 4.53. The summed E-state index contributed by atoms with van der Waals surface area (Å²) in [6, 6.07) is 5.86. The molecule has 9 heteroatoms. The van der Waals surface area contributed by atoms with Crippen molar-refractivity contribution in [3.63, 3.8) is 0 Å². The van der Waals surface area contributed by atoms with Gasteiger partial charge in [-0.3, -0.25) is 0 Å². The topological polar surface area (TPSA) is 34.0 Å². The third-order valence-corrected chi connectivity index (χ3v) is 6.10. The molecule has 3 aromatic rings. The molecular formula is C25H25F5N4. The van der Waals surface area contributed by atoms with Gasteiger partial charge in [-0.2, -0.15) is 13.2 Å². The van der Waals surface area contributed by atoms with Gasteiger partial charge >= 0.3 is 6.18 Å². The number of imidazole rings is 1. The molecule has 180 valence electrons. The van der Waals surface area contributed by atoms with E-state index in [4.69, 9.17) is 4.98 Å². The largest absolute Gasteiger partial charge is 0.416 e. The fraction of sp³-hybridized carbons (Fsp3) is 0.360. The molecule has 0 amide bonds. The molecule has 2 aromatic heterocycles. The van der Waals surface area contributed by atoms with Crippen LogP contribution in [0.1, 0.15) is 42.8 Å². The van der Waals surface area contributed by atoms with E-state index in [1.807, 2.05) is 36.4 Å². The maximum atomic E-state index is 14.7. The highest BCUT2D eigenvalue weighted by molar-refractivity contribution is 5.68. The van der Waals surface area contributed by atoms with Crippen molar-refractivity contribution in [3.8, 4) is 22.8 Å². The van der Waals surface area contributed by atoms with E-state index in [2.05, 4.69) is 4.98 Å². The second-order valence-corrected chi connectivity index (χ2v) is 8.26. The standard InChI is InChI=1S/C25H25F5N4/c1-4-6-15-7-10-20(18-9-8-16(11-19(18)27)25(28,29)30)31-23(15)24-32-21-12-17(13-26)34(5-2)14-22(21)33(24)3/h7-12H,4-6,13-14H2,1-3H3. The number of pyridine rings is 1. The number of nitrogens with zero attached hydrogens (tertiary/aromatic N) is 4. The fourth-order valence-electron chi connectivity index (χ4n) is 4.24. The van der Waals surface area contributed by atoms with Crippen LogP contribution in [0.3, 0.4) is 0 Å². The Bertz CT molecular complexity index is 1240. The van der Waals surface area contributed by atoms with Gasteiger partial charge in [0, 0.05) is 24.9 Å². The monoisotopic (exact) mass is 476 g/mol. The van der Waals surface area contributed by atoms with Crippen molar-refractivity contribution < 1.29 is 22.0 Å². The van der Waals surface area contributed by atoms with Gasteiger partial charge in [0.15, 0.2) is 5.82 Å². The lowest BCUT2D eigenvalue weighted by Crippen LogP contribution is -2.27. The summed E-state index contributed by atoms with van der Waals surface area (Å²) in [7, 11) is 1.85. The van der Waals surface area contributed by atoms with Gasteiger partial charge in [-0.1, -0.05) is 19.4 Å². The molecule has 0 saturated heterocycles. The maximum Gasteiger partial charge on any atom is 0.416 e. The molecule has 0 atom stereocenters. The molecule has 0 fully saturated rings. The SMILES string of the molecule is CCCc1ccc(-c2ccc(C(F)(F)F)cc2F)nc1-c1nc2c(n1C)CN(CC)C(CF)=C2. The normalized spacial score (nSPS) is 13.8. The van der Waals surface area contributed by atoms with Crippen molar-refractivity contribution >= 4 is 6.08 Å². The fourth-order valence-corrected chi connectivity index (χ4v) is 4.24. The zero-order valence-corrected chi connectivity index (χ0v) is 19.2. The summed E-state index contributed by atoms with van der Waals surface area (Å²) < 4.78 is 69.0. The number of aromatic nitrogens is 3. The molecular weight excluding hydrogens is 451 g/mol. The third-order valence-electron chi connectivity index (χ3n) is 6.10. The molecule has 4 nitrogen and oxygen atoms in total. The lowest BCUT2D eigenvalue weighted by Gasteiger charge is -2.28. The molecule has 1 aliphatic heterocycles. The highest BCUT2D eigenvalue weighted by Crippen LogP contribution is 2.35. The van der Waals surface area contributed by atoms with Crippen molar-refractivity contribution in [1.29, 1.82) is 0 Å². The highest BCUT2D eigenvalue weighted by Gasteiger charge is 2.31. The molecule has 3 heterocycles. The van der Waals surface area contributed by atoms with Crippen molar-refractivity contribution in [2.75, 3.05) is 13.2 Å². The Hall–Kier alpha value is -3.23. The zero-order chi connectivity index (χ0) is 24.6. The first-order chi connectivity index (χ1) is 16.2. The first-order valence-corrected chi connectivity index (χ1v) is 11.1. The smallest absolute Gasteiger partial charge is 0.367 e.